The van der Waals surface area contributed by atoms with Gasteiger partial charge in [-0.15, -0.1) is 0 Å². The summed E-state index contributed by atoms with van der Waals surface area (Å²) < 4.78 is 7.44. The van der Waals surface area contributed by atoms with Gasteiger partial charge in [0.15, 0.2) is 0 Å². The molecule has 1 aromatic carbocycles. The van der Waals surface area contributed by atoms with E-state index in [1.54, 1.807) is 10.6 Å². The van der Waals surface area contributed by atoms with Gasteiger partial charge in [0.05, 0.1) is 11.3 Å². The van der Waals surface area contributed by atoms with Crippen molar-refractivity contribution in [2.45, 2.75) is 6.92 Å². The summed E-state index contributed by atoms with van der Waals surface area (Å²) in [6.45, 7) is 5.72. The molecular weight excluding hydrogens is 342 g/mol. The molecule has 0 radical (unpaired) electrons. The highest BCUT2D eigenvalue weighted by molar-refractivity contribution is 5.84. The van der Waals surface area contributed by atoms with Crippen molar-refractivity contribution in [1.82, 2.24) is 19.7 Å². The molecule has 3 aromatic heterocycles. The highest BCUT2D eigenvalue weighted by atomic mass is 16.4. The predicted molar refractivity (Wildman–Crippen MR) is 104 cm³/mol. The van der Waals surface area contributed by atoms with E-state index in [0.717, 1.165) is 42.9 Å². The Labute approximate surface area is 155 Å². The number of rotatable bonds is 2. The van der Waals surface area contributed by atoms with Gasteiger partial charge in [-0.2, -0.15) is 0 Å². The van der Waals surface area contributed by atoms with Crippen LogP contribution in [0.5, 0.6) is 0 Å². The number of imidazole rings is 1. The fourth-order valence-corrected chi connectivity index (χ4v) is 3.49. The molecule has 0 saturated carbocycles. The van der Waals surface area contributed by atoms with Crippen LogP contribution in [0.2, 0.25) is 0 Å². The van der Waals surface area contributed by atoms with E-state index in [9.17, 15) is 4.79 Å². The Balaban J connectivity index is 1.58. The lowest BCUT2D eigenvalue weighted by Crippen LogP contribution is -2.43. The molecule has 0 amide bonds. The monoisotopic (exact) mass is 361 g/mol. The summed E-state index contributed by atoms with van der Waals surface area (Å²) in [5, 5.41) is 4.22. The molecule has 0 bridgehead atoms. The van der Waals surface area contributed by atoms with E-state index in [1.165, 1.54) is 0 Å². The maximum absolute atomic E-state index is 12.6. The number of piperazine rings is 1. The topological polar surface area (TPSA) is 75.7 Å². The van der Waals surface area contributed by atoms with Crippen LogP contribution in [0.15, 0.2) is 51.9 Å². The Hall–Kier alpha value is -3.19. The molecule has 7 heteroatoms. The largest absolute Gasteiger partial charge is 0.422 e. The van der Waals surface area contributed by atoms with Crippen molar-refractivity contribution in [1.29, 1.82) is 0 Å². The molecule has 5 rings (SSSR count). The summed E-state index contributed by atoms with van der Waals surface area (Å²) >= 11 is 0. The van der Waals surface area contributed by atoms with Crippen molar-refractivity contribution < 1.29 is 4.42 Å². The minimum atomic E-state index is -0.389. The lowest BCUT2D eigenvalue weighted by atomic mass is 10.1. The number of nitrogens with zero attached hydrogens (tertiary/aromatic N) is 4. The number of anilines is 1. The molecule has 4 heterocycles. The highest BCUT2D eigenvalue weighted by Crippen LogP contribution is 2.25. The Bertz CT molecular complexity index is 1200. The van der Waals surface area contributed by atoms with E-state index in [4.69, 9.17) is 4.42 Å². The van der Waals surface area contributed by atoms with Gasteiger partial charge in [-0.05, 0) is 31.2 Å². The van der Waals surface area contributed by atoms with Crippen molar-refractivity contribution in [3.63, 3.8) is 0 Å². The van der Waals surface area contributed by atoms with Gasteiger partial charge < -0.3 is 14.6 Å². The van der Waals surface area contributed by atoms with Gasteiger partial charge in [0.1, 0.15) is 5.58 Å². The molecule has 1 fully saturated rings. The first kappa shape index (κ1) is 16.0. The Morgan fingerprint density at radius 2 is 1.96 bits per heavy atom. The number of aromatic nitrogens is 3. The van der Waals surface area contributed by atoms with Gasteiger partial charge in [0.25, 0.3) is 0 Å². The molecule has 0 spiro atoms. The van der Waals surface area contributed by atoms with Crippen LogP contribution < -0.4 is 15.8 Å². The molecule has 27 heavy (non-hydrogen) atoms. The van der Waals surface area contributed by atoms with Crippen LogP contribution in [0.4, 0.5) is 5.69 Å². The number of hydrogen-bond acceptors (Lipinski definition) is 6. The minimum absolute atomic E-state index is 0.389. The van der Waals surface area contributed by atoms with Crippen molar-refractivity contribution in [2.24, 2.45) is 0 Å². The third-order valence-corrected chi connectivity index (χ3v) is 4.94. The maximum Gasteiger partial charge on any atom is 0.345 e. The molecule has 1 aliphatic heterocycles. The summed E-state index contributed by atoms with van der Waals surface area (Å²) in [6, 6.07) is 9.76. The number of fused-ring (bicyclic) bond motifs is 2. The average molecular weight is 361 g/mol. The van der Waals surface area contributed by atoms with Crippen molar-refractivity contribution >= 4 is 22.4 Å². The summed E-state index contributed by atoms with van der Waals surface area (Å²) in [5.74, 6) is 0.568. The number of hydrogen-bond donors (Lipinski definition) is 1. The average Bonchev–Trinajstić information content (AvgIpc) is 3.10. The summed E-state index contributed by atoms with van der Waals surface area (Å²) in [7, 11) is 0. The first-order valence-electron chi connectivity index (χ1n) is 9.04. The van der Waals surface area contributed by atoms with Gasteiger partial charge in [-0.3, -0.25) is 4.40 Å². The maximum atomic E-state index is 12.6. The van der Waals surface area contributed by atoms with E-state index < -0.39 is 0 Å². The van der Waals surface area contributed by atoms with E-state index in [0.29, 0.717) is 22.6 Å². The van der Waals surface area contributed by atoms with Crippen LogP contribution in [0.25, 0.3) is 28.0 Å². The second-order valence-electron chi connectivity index (χ2n) is 6.81. The van der Waals surface area contributed by atoms with Gasteiger partial charge in [0.2, 0.25) is 5.78 Å². The van der Waals surface area contributed by atoms with Crippen molar-refractivity contribution in [2.75, 3.05) is 31.1 Å². The first-order valence-corrected chi connectivity index (χ1v) is 9.04. The summed E-state index contributed by atoms with van der Waals surface area (Å²) in [5.41, 5.74) is 3.17. The van der Waals surface area contributed by atoms with Crippen LogP contribution in [-0.4, -0.2) is 40.5 Å². The SMILES string of the molecule is Cc1ccn2cc(-c3cc4ccc(N5CCNCC5)cc4oc3=O)nc2n1. The second kappa shape index (κ2) is 6.21. The molecule has 1 N–H and O–H groups in total. The zero-order chi connectivity index (χ0) is 18.4. The smallest absolute Gasteiger partial charge is 0.345 e. The van der Waals surface area contributed by atoms with Crippen LogP contribution >= 0.6 is 0 Å². The lowest BCUT2D eigenvalue weighted by Gasteiger charge is -2.29. The van der Waals surface area contributed by atoms with E-state index in [2.05, 4.69) is 26.3 Å². The molecular formula is C20H19N5O2. The lowest BCUT2D eigenvalue weighted by molar-refractivity contribution is 0.561. The molecule has 0 aliphatic carbocycles. The standard InChI is InChI=1S/C20H19N5O2/c1-13-4-7-25-12-17(23-20(25)22-13)16-10-14-2-3-15(11-18(14)27-19(16)26)24-8-5-21-6-9-24/h2-4,7,10-12,21H,5-6,8-9H2,1H3. The fourth-order valence-electron chi connectivity index (χ4n) is 3.49. The van der Waals surface area contributed by atoms with E-state index in [1.807, 2.05) is 37.4 Å². The Morgan fingerprint density at radius 1 is 1.11 bits per heavy atom. The fraction of sp³-hybridized carbons (Fsp3) is 0.250. The number of benzene rings is 1. The van der Waals surface area contributed by atoms with Gasteiger partial charge in [0, 0.05) is 61.4 Å². The molecule has 0 unspecified atom stereocenters. The van der Waals surface area contributed by atoms with Gasteiger partial charge >= 0.3 is 5.63 Å². The molecule has 4 aromatic rings. The highest BCUT2D eigenvalue weighted by Gasteiger charge is 2.15. The normalized spacial score (nSPS) is 14.9. The second-order valence-corrected chi connectivity index (χ2v) is 6.81. The zero-order valence-electron chi connectivity index (χ0n) is 15.0. The van der Waals surface area contributed by atoms with Crippen molar-refractivity contribution in [3.05, 3.63) is 58.8 Å². The van der Waals surface area contributed by atoms with E-state index >= 15 is 0 Å². The van der Waals surface area contributed by atoms with Gasteiger partial charge in [-0.25, -0.2) is 14.8 Å². The predicted octanol–water partition coefficient (Wildman–Crippen LogP) is 2.22. The van der Waals surface area contributed by atoms with Crippen LogP contribution in [0, 0.1) is 6.92 Å². The summed E-state index contributed by atoms with van der Waals surface area (Å²) in [4.78, 5) is 23.8. The quantitative estimate of drug-likeness (QED) is 0.552. The van der Waals surface area contributed by atoms with Crippen LogP contribution in [-0.2, 0) is 0 Å². The molecule has 136 valence electrons. The first-order chi connectivity index (χ1) is 13.2. The van der Waals surface area contributed by atoms with Crippen LogP contribution in [0.1, 0.15) is 5.69 Å². The van der Waals surface area contributed by atoms with Crippen molar-refractivity contribution in [3.8, 4) is 11.3 Å². The Morgan fingerprint density at radius 3 is 2.81 bits per heavy atom. The number of nitrogens with one attached hydrogen (secondary N) is 1. The minimum Gasteiger partial charge on any atom is -0.422 e. The number of aryl methyl sites for hydroxylation is 1. The molecule has 1 saturated heterocycles. The molecule has 1 aliphatic rings. The van der Waals surface area contributed by atoms with Crippen LogP contribution in [0.3, 0.4) is 0 Å². The zero-order valence-corrected chi connectivity index (χ0v) is 15.0. The third kappa shape index (κ3) is 2.86. The summed E-state index contributed by atoms with van der Waals surface area (Å²) in [6.07, 6.45) is 3.69. The Kier molecular flexibility index (Phi) is 3.68. The molecule has 7 nitrogen and oxygen atoms in total. The van der Waals surface area contributed by atoms with Gasteiger partial charge in [-0.1, -0.05) is 0 Å². The van der Waals surface area contributed by atoms with E-state index in [-0.39, 0.29) is 5.63 Å². The molecule has 0 atom stereocenters. The third-order valence-electron chi connectivity index (χ3n) is 4.94.